The Morgan fingerprint density at radius 2 is 2.09 bits per heavy atom. The molecule has 0 spiro atoms. The zero-order valence-electron chi connectivity index (χ0n) is 14.2. The van der Waals surface area contributed by atoms with E-state index in [1.165, 1.54) is 18.4 Å². The maximum absolute atomic E-state index is 12.3. The molecule has 0 radical (unpaired) electrons. The lowest BCUT2D eigenvalue weighted by molar-refractivity contribution is -0.132. The minimum Gasteiger partial charge on any atom is -0.464 e. The van der Waals surface area contributed by atoms with E-state index in [2.05, 4.69) is 16.6 Å². The molecule has 0 bridgehead atoms. The molecule has 0 atom stereocenters. The molecule has 0 aliphatic heterocycles. The summed E-state index contributed by atoms with van der Waals surface area (Å²) in [5, 5.41) is 2.41. The van der Waals surface area contributed by atoms with Gasteiger partial charge in [0.15, 0.2) is 5.69 Å². The van der Waals surface area contributed by atoms with Gasteiger partial charge in [0, 0.05) is 31.6 Å². The van der Waals surface area contributed by atoms with Crippen molar-refractivity contribution in [2.45, 2.75) is 46.1 Å². The van der Waals surface area contributed by atoms with Gasteiger partial charge in [0.05, 0.1) is 13.7 Å². The number of methoxy groups -OCH3 is 1. The quantitative estimate of drug-likeness (QED) is 0.457. The summed E-state index contributed by atoms with van der Waals surface area (Å²) in [6.07, 6.45) is 3.20. The summed E-state index contributed by atoms with van der Waals surface area (Å²) in [6, 6.07) is 0. The Bertz CT molecular complexity index is 490. The van der Waals surface area contributed by atoms with Gasteiger partial charge in [-0.05, 0) is 19.8 Å². The lowest BCUT2D eigenvalue weighted by Crippen LogP contribution is -2.32. The number of nitrogens with zero attached hydrogens (tertiary/aromatic N) is 2. The number of amides is 1. The summed E-state index contributed by atoms with van der Waals surface area (Å²) >= 11 is 1.37. The fourth-order valence-electron chi connectivity index (χ4n) is 2.02. The summed E-state index contributed by atoms with van der Waals surface area (Å²) < 4.78 is 9.99. The Morgan fingerprint density at radius 1 is 1.30 bits per heavy atom. The number of hydrogen-bond acceptors (Lipinski definition) is 6. The number of ether oxygens (including phenoxy) is 2. The average Bonchev–Trinajstić information content (AvgIpc) is 3.03. The summed E-state index contributed by atoms with van der Waals surface area (Å²) in [7, 11) is 1.33. The van der Waals surface area contributed by atoms with Gasteiger partial charge < -0.3 is 14.4 Å². The highest BCUT2D eigenvalue weighted by Gasteiger charge is 2.17. The minimum atomic E-state index is -0.451. The first-order chi connectivity index (χ1) is 11.1. The third-order valence-corrected chi connectivity index (χ3v) is 4.12. The lowest BCUT2D eigenvalue weighted by atomic mass is 10.2. The predicted molar refractivity (Wildman–Crippen MR) is 89.5 cm³/mol. The molecule has 0 saturated carbocycles. The molecule has 0 fully saturated rings. The Kier molecular flexibility index (Phi) is 9.47. The molecule has 0 unspecified atom stereocenters. The highest BCUT2D eigenvalue weighted by atomic mass is 32.1. The van der Waals surface area contributed by atoms with Crippen LogP contribution in [0.2, 0.25) is 0 Å². The van der Waals surface area contributed by atoms with Gasteiger partial charge in [0.25, 0.3) is 0 Å². The van der Waals surface area contributed by atoms with Gasteiger partial charge in [-0.2, -0.15) is 0 Å². The molecule has 0 N–H and O–H groups in total. The molecular formula is C16H26N2O4S. The molecule has 0 aromatic carbocycles. The maximum Gasteiger partial charge on any atom is 0.357 e. The summed E-state index contributed by atoms with van der Waals surface area (Å²) in [5.41, 5.74) is 0.294. The first-order valence-electron chi connectivity index (χ1n) is 8.00. The van der Waals surface area contributed by atoms with E-state index in [4.69, 9.17) is 4.74 Å². The molecule has 1 amide bonds. The number of carbonyl (C=O) groups excluding carboxylic acids is 2. The Balaban J connectivity index is 2.64. The molecular weight excluding hydrogens is 316 g/mol. The number of carbonyl (C=O) groups is 2. The highest BCUT2D eigenvalue weighted by Crippen LogP contribution is 2.15. The molecule has 0 aliphatic carbocycles. The van der Waals surface area contributed by atoms with E-state index in [1.807, 2.05) is 6.92 Å². The van der Waals surface area contributed by atoms with Crippen molar-refractivity contribution >= 4 is 23.2 Å². The van der Waals surface area contributed by atoms with Crippen LogP contribution in [0.5, 0.6) is 0 Å². The van der Waals surface area contributed by atoms with Crippen LogP contribution in [-0.4, -0.2) is 48.6 Å². The van der Waals surface area contributed by atoms with Crippen LogP contribution < -0.4 is 0 Å². The fraction of sp³-hybridized carbons (Fsp3) is 0.688. The molecule has 1 heterocycles. The van der Waals surface area contributed by atoms with Crippen LogP contribution in [0.1, 0.15) is 55.0 Å². The van der Waals surface area contributed by atoms with E-state index in [1.54, 1.807) is 10.3 Å². The van der Waals surface area contributed by atoms with E-state index in [-0.39, 0.29) is 5.91 Å². The average molecular weight is 342 g/mol. The zero-order valence-corrected chi connectivity index (χ0v) is 15.0. The normalized spacial score (nSPS) is 10.6. The topological polar surface area (TPSA) is 68.7 Å². The van der Waals surface area contributed by atoms with Crippen molar-refractivity contribution in [1.29, 1.82) is 0 Å². The van der Waals surface area contributed by atoms with E-state index in [0.717, 1.165) is 24.3 Å². The molecule has 1 rings (SSSR count). The van der Waals surface area contributed by atoms with Crippen molar-refractivity contribution < 1.29 is 19.1 Å². The SMILES string of the molecule is CCCCC(=O)N(CCCOCC)Cc1nc(C(=O)OC)cs1. The van der Waals surface area contributed by atoms with E-state index in [0.29, 0.717) is 38.4 Å². The van der Waals surface area contributed by atoms with Gasteiger partial charge in [-0.25, -0.2) is 9.78 Å². The van der Waals surface area contributed by atoms with Crippen LogP contribution in [0.25, 0.3) is 0 Å². The van der Waals surface area contributed by atoms with Crippen LogP contribution in [0.15, 0.2) is 5.38 Å². The van der Waals surface area contributed by atoms with Gasteiger partial charge in [0.1, 0.15) is 5.01 Å². The third kappa shape index (κ3) is 7.09. The number of aromatic nitrogens is 1. The molecule has 23 heavy (non-hydrogen) atoms. The maximum atomic E-state index is 12.3. The van der Waals surface area contributed by atoms with E-state index < -0.39 is 5.97 Å². The van der Waals surface area contributed by atoms with Crippen LogP contribution in [0, 0.1) is 0 Å². The van der Waals surface area contributed by atoms with Crippen molar-refractivity contribution in [3.05, 3.63) is 16.1 Å². The zero-order chi connectivity index (χ0) is 17.1. The predicted octanol–water partition coefficient (Wildman–Crippen LogP) is 2.88. The monoisotopic (exact) mass is 342 g/mol. The second kappa shape index (κ2) is 11.1. The molecule has 7 heteroatoms. The van der Waals surface area contributed by atoms with Crippen molar-refractivity contribution in [3.8, 4) is 0 Å². The van der Waals surface area contributed by atoms with Gasteiger partial charge in [-0.1, -0.05) is 13.3 Å². The first-order valence-corrected chi connectivity index (χ1v) is 8.88. The highest BCUT2D eigenvalue weighted by molar-refractivity contribution is 7.09. The molecule has 0 saturated heterocycles. The number of unbranched alkanes of at least 4 members (excludes halogenated alkanes) is 1. The molecule has 0 aliphatic rings. The molecule has 1 aromatic heterocycles. The van der Waals surface area contributed by atoms with Crippen LogP contribution in [-0.2, 0) is 20.8 Å². The fourth-order valence-corrected chi connectivity index (χ4v) is 2.80. The number of rotatable bonds is 11. The van der Waals surface area contributed by atoms with Gasteiger partial charge in [-0.15, -0.1) is 11.3 Å². The second-order valence-corrected chi connectivity index (χ2v) is 6.03. The largest absolute Gasteiger partial charge is 0.464 e. The first kappa shape index (κ1) is 19.6. The Labute approximate surface area is 141 Å². The number of hydrogen-bond donors (Lipinski definition) is 0. The summed E-state index contributed by atoms with van der Waals surface area (Å²) in [6.45, 7) is 6.40. The smallest absolute Gasteiger partial charge is 0.357 e. The van der Waals surface area contributed by atoms with Crippen molar-refractivity contribution in [3.63, 3.8) is 0 Å². The minimum absolute atomic E-state index is 0.123. The standard InChI is InChI=1S/C16H26N2O4S/c1-4-6-8-15(19)18(9-7-10-22-5-2)11-14-17-13(12-23-14)16(20)21-3/h12H,4-11H2,1-3H3. The van der Waals surface area contributed by atoms with Gasteiger partial charge >= 0.3 is 5.97 Å². The Hall–Kier alpha value is -1.47. The third-order valence-electron chi connectivity index (χ3n) is 3.29. The van der Waals surface area contributed by atoms with Crippen LogP contribution in [0.3, 0.4) is 0 Å². The summed E-state index contributed by atoms with van der Waals surface area (Å²) in [5.74, 6) is -0.328. The lowest BCUT2D eigenvalue weighted by Gasteiger charge is -2.21. The van der Waals surface area contributed by atoms with E-state index in [9.17, 15) is 9.59 Å². The number of thiazole rings is 1. The second-order valence-electron chi connectivity index (χ2n) is 5.09. The Morgan fingerprint density at radius 3 is 2.74 bits per heavy atom. The van der Waals surface area contributed by atoms with Crippen molar-refractivity contribution in [2.75, 3.05) is 26.9 Å². The van der Waals surface area contributed by atoms with E-state index >= 15 is 0 Å². The molecule has 1 aromatic rings. The molecule has 6 nitrogen and oxygen atoms in total. The van der Waals surface area contributed by atoms with Crippen molar-refractivity contribution in [2.24, 2.45) is 0 Å². The molecule has 130 valence electrons. The van der Waals surface area contributed by atoms with Gasteiger partial charge in [-0.3, -0.25) is 4.79 Å². The van der Waals surface area contributed by atoms with Crippen molar-refractivity contribution in [1.82, 2.24) is 9.88 Å². The number of esters is 1. The van der Waals surface area contributed by atoms with Crippen LogP contribution >= 0.6 is 11.3 Å². The summed E-state index contributed by atoms with van der Waals surface area (Å²) in [4.78, 5) is 29.8. The van der Waals surface area contributed by atoms with Crippen LogP contribution in [0.4, 0.5) is 0 Å². The van der Waals surface area contributed by atoms with Gasteiger partial charge in [0.2, 0.25) is 5.91 Å².